The molecule has 0 bridgehead atoms. The van der Waals surface area contributed by atoms with Crippen molar-refractivity contribution in [1.82, 2.24) is 19.8 Å². The number of carbonyl (C=O) groups excluding carboxylic acids is 3. The number of alkyl carbamates (subject to hydrolysis) is 1. The molecule has 12 heteroatoms. The first-order valence-corrected chi connectivity index (χ1v) is 18.9. The van der Waals surface area contributed by atoms with Crippen LogP contribution in [0.1, 0.15) is 53.6 Å². The molecule has 0 radical (unpaired) electrons. The molecule has 3 amide bonds. The number of nitrogens with one attached hydrogen (secondary N) is 1. The Balaban J connectivity index is 1.05. The summed E-state index contributed by atoms with van der Waals surface area (Å²) in [7, 11) is 1.97. The van der Waals surface area contributed by atoms with Crippen molar-refractivity contribution in [1.29, 1.82) is 0 Å². The molecule has 54 heavy (non-hydrogen) atoms. The van der Waals surface area contributed by atoms with E-state index in [1.807, 2.05) is 121 Å². The average Bonchev–Trinajstić information content (AvgIpc) is 3.73. The quantitative estimate of drug-likeness (QED) is 0.106. The molecule has 278 valence electrons. The van der Waals surface area contributed by atoms with Crippen LogP contribution in [0.25, 0.3) is 11.1 Å². The summed E-state index contributed by atoms with van der Waals surface area (Å²) < 4.78 is 20.6. The molecule has 2 aliphatic rings. The van der Waals surface area contributed by atoms with E-state index in [9.17, 15) is 19.5 Å². The van der Waals surface area contributed by atoms with Gasteiger partial charge in [-0.1, -0.05) is 122 Å². The molecule has 2 N–H and O–H groups in total. The molecule has 1 unspecified atom stereocenters. The second kappa shape index (κ2) is 16.8. The maximum absolute atomic E-state index is 13.3. The number of rotatable bonds is 12. The van der Waals surface area contributed by atoms with Gasteiger partial charge in [-0.05, 0) is 33.4 Å². The van der Waals surface area contributed by atoms with Crippen LogP contribution in [0.5, 0.6) is 0 Å². The Kier molecular flexibility index (Phi) is 11.5. The van der Waals surface area contributed by atoms with Gasteiger partial charge in [0.1, 0.15) is 12.6 Å². The summed E-state index contributed by atoms with van der Waals surface area (Å²) >= 11 is 1.64. The van der Waals surface area contributed by atoms with Crippen LogP contribution in [-0.2, 0) is 50.6 Å². The van der Waals surface area contributed by atoms with Crippen LogP contribution in [-0.4, -0.2) is 55.4 Å². The standard InChI is InChI=1S/C42H42N4O7S/c1-27-36(26-54-41-43-20-21-45(41)2)52-40(53-38(27)31-14-12-28(24-47)13-15-31)32-18-16-30(17-19-32)34-11-7-6-10-33(34)23-46-37(48)22-35(39(46)49)44-42(50)51-25-29-8-4-3-5-9-29/h3-21,27,35-36,38,40,47H,22-26H2,1-2H3,(H,44,50)/t27-,35?,36+,38+,40+/m1/s1. The van der Waals surface area contributed by atoms with Crippen LogP contribution in [0.4, 0.5) is 4.79 Å². The highest BCUT2D eigenvalue weighted by atomic mass is 32.2. The van der Waals surface area contributed by atoms with Gasteiger partial charge in [-0.25, -0.2) is 9.78 Å². The van der Waals surface area contributed by atoms with Gasteiger partial charge in [0.15, 0.2) is 11.4 Å². The van der Waals surface area contributed by atoms with Crippen molar-refractivity contribution in [2.24, 2.45) is 13.0 Å². The monoisotopic (exact) mass is 746 g/mol. The minimum absolute atomic E-state index is 0.0279. The molecular weight excluding hydrogens is 705 g/mol. The molecular formula is C42H42N4O7S. The fraction of sp³-hybridized carbons (Fsp3) is 0.286. The van der Waals surface area contributed by atoms with Crippen LogP contribution in [0, 0.1) is 5.92 Å². The van der Waals surface area contributed by atoms with E-state index < -0.39 is 24.3 Å². The molecule has 2 fully saturated rings. The fourth-order valence-electron chi connectivity index (χ4n) is 6.76. The van der Waals surface area contributed by atoms with Gasteiger partial charge in [0, 0.05) is 36.7 Å². The Morgan fingerprint density at radius 2 is 1.65 bits per heavy atom. The minimum atomic E-state index is -0.993. The van der Waals surface area contributed by atoms with Crippen molar-refractivity contribution >= 4 is 29.7 Å². The molecule has 1 aromatic heterocycles. The number of hydrogen-bond acceptors (Lipinski definition) is 9. The van der Waals surface area contributed by atoms with Crippen molar-refractivity contribution in [2.45, 2.75) is 62.8 Å². The zero-order valence-electron chi connectivity index (χ0n) is 30.0. The molecule has 5 aromatic rings. The summed E-state index contributed by atoms with van der Waals surface area (Å²) in [5.74, 6) is -0.123. The third-order valence-corrected chi connectivity index (χ3v) is 11.0. The van der Waals surface area contributed by atoms with Crippen molar-refractivity contribution < 1.29 is 33.7 Å². The molecule has 7 rings (SSSR count). The predicted molar refractivity (Wildman–Crippen MR) is 203 cm³/mol. The van der Waals surface area contributed by atoms with Gasteiger partial charge in [0.05, 0.1) is 31.8 Å². The normalized spacial score (nSPS) is 21.3. The SMILES string of the molecule is C[C@@H]1[C@H](CSc2nccn2C)O[C@H](c2ccc(-c3ccccc3CN3C(=O)CC(NC(=O)OCc4ccccc4)C3=O)cc2)O[C@@H]1c1ccc(CO)cc1. The molecule has 3 heterocycles. The summed E-state index contributed by atoms with van der Waals surface area (Å²) in [6.45, 7) is 2.22. The number of aliphatic hydroxyl groups is 1. The van der Waals surface area contributed by atoms with Gasteiger partial charge >= 0.3 is 6.09 Å². The average molecular weight is 747 g/mol. The topological polar surface area (TPSA) is 132 Å². The van der Waals surface area contributed by atoms with E-state index in [0.717, 1.165) is 44.1 Å². The summed E-state index contributed by atoms with van der Waals surface area (Å²) in [5, 5.41) is 13.1. The van der Waals surface area contributed by atoms with E-state index in [4.69, 9.17) is 14.2 Å². The zero-order valence-corrected chi connectivity index (χ0v) is 30.9. The number of hydrogen-bond donors (Lipinski definition) is 2. The van der Waals surface area contributed by atoms with E-state index in [-0.39, 0.29) is 50.2 Å². The highest BCUT2D eigenvalue weighted by molar-refractivity contribution is 7.99. The first-order valence-electron chi connectivity index (χ1n) is 17.9. The first kappa shape index (κ1) is 37.1. The van der Waals surface area contributed by atoms with Gasteiger partial charge in [0.2, 0.25) is 5.91 Å². The Bertz CT molecular complexity index is 2070. The van der Waals surface area contributed by atoms with Gasteiger partial charge in [-0.2, -0.15) is 0 Å². The van der Waals surface area contributed by atoms with Gasteiger partial charge in [-0.3, -0.25) is 14.5 Å². The van der Waals surface area contributed by atoms with Crippen LogP contribution in [0.15, 0.2) is 121 Å². The number of thioether (sulfide) groups is 1. The van der Waals surface area contributed by atoms with E-state index >= 15 is 0 Å². The first-order chi connectivity index (χ1) is 26.3. The van der Waals surface area contributed by atoms with Crippen LogP contribution in [0.3, 0.4) is 0 Å². The Labute approximate surface area is 318 Å². The molecule has 4 aromatic carbocycles. The van der Waals surface area contributed by atoms with Crippen molar-refractivity contribution in [3.05, 3.63) is 143 Å². The second-order valence-electron chi connectivity index (χ2n) is 13.5. The number of aromatic nitrogens is 2. The number of ether oxygens (including phenoxy) is 3. The predicted octanol–water partition coefficient (Wildman–Crippen LogP) is 6.72. The van der Waals surface area contributed by atoms with Crippen LogP contribution >= 0.6 is 11.8 Å². The Hall–Kier alpha value is -5.27. The largest absolute Gasteiger partial charge is 0.445 e. The third kappa shape index (κ3) is 8.42. The Morgan fingerprint density at radius 1 is 0.926 bits per heavy atom. The number of benzene rings is 4. The third-order valence-electron chi connectivity index (χ3n) is 9.87. The number of nitrogens with zero attached hydrogens (tertiary/aromatic N) is 3. The highest BCUT2D eigenvalue weighted by Crippen LogP contribution is 2.43. The van der Waals surface area contributed by atoms with E-state index in [0.29, 0.717) is 5.75 Å². The molecule has 11 nitrogen and oxygen atoms in total. The van der Waals surface area contributed by atoms with Crippen molar-refractivity contribution in [3.63, 3.8) is 0 Å². The summed E-state index contributed by atoms with van der Waals surface area (Å²) in [4.78, 5) is 44.5. The number of likely N-dealkylation sites (tertiary alicyclic amines) is 1. The molecule has 0 aliphatic carbocycles. The number of carbonyl (C=O) groups is 3. The molecule has 0 saturated carbocycles. The summed E-state index contributed by atoms with van der Waals surface area (Å²) in [5.41, 5.74) is 6.07. The smallest absolute Gasteiger partial charge is 0.408 e. The molecule has 2 aliphatic heterocycles. The highest BCUT2D eigenvalue weighted by Gasteiger charge is 2.41. The summed E-state index contributed by atoms with van der Waals surface area (Å²) in [6.07, 6.45) is 1.79. The molecule has 0 spiro atoms. The van der Waals surface area contributed by atoms with Crippen LogP contribution in [0.2, 0.25) is 0 Å². The zero-order chi connectivity index (χ0) is 37.6. The van der Waals surface area contributed by atoms with Gasteiger partial charge < -0.3 is 29.2 Å². The van der Waals surface area contributed by atoms with Crippen molar-refractivity contribution in [2.75, 3.05) is 5.75 Å². The number of imidazole rings is 1. The lowest BCUT2D eigenvalue weighted by Crippen LogP contribution is -2.41. The number of imide groups is 1. The molecule has 5 atom stereocenters. The maximum Gasteiger partial charge on any atom is 0.408 e. The number of aliphatic hydroxyl groups excluding tert-OH is 1. The van der Waals surface area contributed by atoms with E-state index in [1.165, 1.54) is 4.90 Å². The maximum atomic E-state index is 13.3. The number of amides is 3. The van der Waals surface area contributed by atoms with E-state index in [2.05, 4.69) is 17.2 Å². The number of aryl methyl sites for hydroxylation is 1. The van der Waals surface area contributed by atoms with Crippen LogP contribution < -0.4 is 5.32 Å². The van der Waals surface area contributed by atoms with E-state index in [1.54, 1.807) is 18.0 Å². The lowest BCUT2D eigenvalue weighted by molar-refractivity contribution is -0.268. The lowest BCUT2D eigenvalue weighted by Gasteiger charge is -2.41. The molecule has 2 saturated heterocycles. The summed E-state index contributed by atoms with van der Waals surface area (Å²) in [6, 6.07) is 31.6. The fourth-order valence-corrected chi connectivity index (χ4v) is 7.85. The van der Waals surface area contributed by atoms with Crippen molar-refractivity contribution in [3.8, 4) is 11.1 Å². The Morgan fingerprint density at radius 3 is 2.37 bits per heavy atom. The van der Waals surface area contributed by atoms with Gasteiger partial charge in [0.25, 0.3) is 5.91 Å². The van der Waals surface area contributed by atoms with Gasteiger partial charge in [-0.15, -0.1) is 0 Å². The lowest BCUT2D eigenvalue weighted by atomic mass is 9.91. The second-order valence-corrected chi connectivity index (χ2v) is 14.5. The minimum Gasteiger partial charge on any atom is -0.445 e.